The third-order valence-electron chi connectivity index (χ3n) is 3.75. The number of aryl methyl sites for hydroxylation is 1. The van der Waals surface area contributed by atoms with E-state index in [9.17, 15) is 0 Å². The van der Waals surface area contributed by atoms with Crippen LogP contribution in [0.4, 0.5) is 0 Å². The molecule has 1 aromatic carbocycles. The molecule has 1 heterocycles. The lowest BCUT2D eigenvalue weighted by Crippen LogP contribution is -2.24. The molecule has 21 heavy (non-hydrogen) atoms. The zero-order valence-corrected chi connectivity index (χ0v) is 13.7. The summed E-state index contributed by atoms with van der Waals surface area (Å²) in [6.45, 7) is 9.86. The van der Waals surface area contributed by atoms with Gasteiger partial charge in [0.25, 0.3) is 0 Å². The van der Waals surface area contributed by atoms with Crippen molar-refractivity contribution in [2.45, 2.75) is 58.7 Å². The van der Waals surface area contributed by atoms with Crippen LogP contribution in [-0.2, 0) is 14.5 Å². The molecule has 1 aliphatic rings. The van der Waals surface area contributed by atoms with E-state index in [2.05, 4.69) is 31.2 Å². The molecule has 118 valence electrons. The summed E-state index contributed by atoms with van der Waals surface area (Å²) in [6, 6.07) is 8.55. The van der Waals surface area contributed by atoms with E-state index in [-0.39, 0.29) is 11.7 Å². The first kappa shape index (κ1) is 16.5. The van der Waals surface area contributed by atoms with Crippen molar-refractivity contribution in [1.82, 2.24) is 0 Å². The van der Waals surface area contributed by atoms with Gasteiger partial charge in [-0.1, -0.05) is 29.8 Å². The Hall–Kier alpha value is -0.900. The summed E-state index contributed by atoms with van der Waals surface area (Å²) >= 11 is 0. The third-order valence-corrected chi connectivity index (χ3v) is 3.75. The Morgan fingerprint density at radius 1 is 1.14 bits per heavy atom. The lowest BCUT2D eigenvalue weighted by Gasteiger charge is -2.28. The molecule has 0 amide bonds. The van der Waals surface area contributed by atoms with Gasteiger partial charge in [0.2, 0.25) is 0 Å². The molecule has 3 heteroatoms. The van der Waals surface area contributed by atoms with Gasteiger partial charge >= 0.3 is 0 Å². The summed E-state index contributed by atoms with van der Waals surface area (Å²) in [5, 5.41) is 0. The van der Waals surface area contributed by atoms with Gasteiger partial charge in [-0.2, -0.15) is 0 Å². The smallest absolute Gasteiger partial charge is 0.118 e. The molecule has 2 rings (SSSR count). The SMILES string of the molecule is Cc1ccc(C(CC2CCOCC2)OOC(C)(C)C)cc1. The van der Waals surface area contributed by atoms with Crippen LogP contribution in [0.1, 0.15) is 57.3 Å². The van der Waals surface area contributed by atoms with Crippen LogP contribution in [0.3, 0.4) is 0 Å². The second-order valence-electron chi connectivity index (χ2n) is 6.98. The average molecular weight is 292 g/mol. The first-order valence-electron chi connectivity index (χ1n) is 7.93. The predicted molar refractivity (Wildman–Crippen MR) is 84.0 cm³/mol. The topological polar surface area (TPSA) is 27.7 Å². The normalized spacial score (nSPS) is 18.7. The molecule has 3 nitrogen and oxygen atoms in total. The van der Waals surface area contributed by atoms with Crippen LogP contribution in [-0.4, -0.2) is 18.8 Å². The van der Waals surface area contributed by atoms with Gasteiger partial charge in [0.1, 0.15) is 6.10 Å². The first-order valence-corrected chi connectivity index (χ1v) is 7.93. The van der Waals surface area contributed by atoms with Crippen LogP contribution in [0.5, 0.6) is 0 Å². The van der Waals surface area contributed by atoms with Crippen LogP contribution >= 0.6 is 0 Å². The fourth-order valence-corrected chi connectivity index (χ4v) is 2.50. The van der Waals surface area contributed by atoms with Crippen molar-refractivity contribution in [3.63, 3.8) is 0 Å². The molecule has 0 saturated carbocycles. The molecular formula is C18H28O3. The fourth-order valence-electron chi connectivity index (χ4n) is 2.50. The molecule has 1 unspecified atom stereocenters. The maximum Gasteiger partial charge on any atom is 0.118 e. The summed E-state index contributed by atoms with van der Waals surface area (Å²) in [4.78, 5) is 11.4. The monoisotopic (exact) mass is 292 g/mol. The maximum absolute atomic E-state index is 5.79. The van der Waals surface area contributed by atoms with Crippen molar-refractivity contribution in [2.75, 3.05) is 13.2 Å². The highest BCUT2D eigenvalue weighted by Gasteiger charge is 2.24. The van der Waals surface area contributed by atoms with Crippen molar-refractivity contribution in [3.05, 3.63) is 35.4 Å². The molecule has 0 radical (unpaired) electrons. The lowest BCUT2D eigenvalue weighted by atomic mass is 9.91. The molecule has 0 aromatic heterocycles. The van der Waals surface area contributed by atoms with Gasteiger partial charge in [0.15, 0.2) is 0 Å². The zero-order chi connectivity index (χ0) is 15.3. The average Bonchev–Trinajstić information content (AvgIpc) is 2.45. The van der Waals surface area contributed by atoms with Gasteiger partial charge in [0, 0.05) is 13.2 Å². The molecule has 1 aromatic rings. The Labute approximate surface area is 128 Å². The largest absolute Gasteiger partial charge is 0.381 e. The third kappa shape index (κ3) is 5.77. The van der Waals surface area contributed by atoms with Crippen LogP contribution in [0.25, 0.3) is 0 Å². The van der Waals surface area contributed by atoms with E-state index in [0.29, 0.717) is 5.92 Å². The molecule has 1 saturated heterocycles. The maximum atomic E-state index is 5.79. The predicted octanol–water partition coefficient (Wildman–Crippen LogP) is 4.60. The highest BCUT2D eigenvalue weighted by molar-refractivity contribution is 5.23. The summed E-state index contributed by atoms with van der Waals surface area (Å²) in [6.07, 6.45) is 3.21. The number of hydrogen-bond donors (Lipinski definition) is 0. The van der Waals surface area contributed by atoms with Crippen LogP contribution in [0.2, 0.25) is 0 Å². The molecule has 1 fully saturated rings. The van der Waals surface area contributed by atoms with Gasteiger partial charge in [0.05, 0.1) is 5.60 Å². The molecule has 0 N–H and O–H groups in total. The molecular weight excluding hydrogens is 264 g/mol. The summed E-state index contributed by atoms with van der Waals surface area (Å²) in [5.41, 5.74) is 2.16. The van der Waals surface area contributed by atoms with E-state index in [0.717, 1.165) is 32.5 Å². The van der Waals surface area contributed by atoms with Crippen molar-refractivity contribution >= 4 is 0 Å². The number of benzene rings is 1. The Morgan fingerprint density at radius 2 is 1.76 bits per heavy atom. The van der Waals surface area contributed by atoms with Crippen molar-refractivity contribution < 1.29 is 14.5 Å². The second kappa shape index (κ2) is 7.39. The standard InChI is InChI=1S/C18H28O3/c1-14-5-7-16(8-6-14)17(20-21-18(2,3)4)13-15-9-11-19-12-10-15/h5-8,15,17H,9-13H2,1-4H3. The molecule has 1 aliphatic heterocycles. The minimum Gasteiger partial charge on any atom is -0.381 e. The number of rotatable bonds is 5. The van der Waals surface area contributed by atoms with E-state index in [1.54, 1.807) is 0 Å². The van der Waals surface area contributed by atoms with E-state index < -0.39 is 0 Å². The van der Waals surface area contributed by atoms with E-state index in [1.807, 2.05) is 20.8 Å². The lowest BCUT2D eigenvalue weighted by molar-refractivity contribution is -0.378. The quantitative estimate of drug-likeness (QED) is 0.586. The van der Waals surface area contributed by atoms with Crippen molar-refractivity contribution in [3.8, 4) is 0 Å². The van der Waals surface area contributed by atoms with E-state index >= 15 is 0 Å². The first-order chi connectivity index (χ1) is 9.94. The fraction of sp³-hybridized carbons (Fsp3) is 0.667. The van der Waals surface area contributed by atoms with Gasteiger partial charge in [-0.3, -0.25) is 0 Å². The number of hydrogen-bond acceptors (Lipinski definition) is 3. The van der Waals surface area contributed by atoms with Crippen LogP contribution in [0, 0.1) is 12.8 Å². The summed E-state index contributed by atoms with van der Waals surface area (Å²) in [7, 11) is 0. The second-order valence-corrected chi connectivity index (χ2v) is 6.98. The van der Waals surface area contributed by atoms with E-state index in [4.69, 9.17) is 14.5 Å². The summed E-state index contributed by atoms with van der Waals surface area (Å²) < 4.78 is 5.44. The Kier molecular flexibility index (Phi) is 5.80. The Morgan fingerprint density at radius 3 is 2.33 bits per heavy atom. The number of ether oxygens (including phenoxy) is 1. The minimum absolute atomic E-state index is 0.00655. The molecule has 1 atom stereocenters. The summed E-state index contributed by atoms with van der Waals surface area (Å²) in [5.74, 6) is 0.647. The van der Waals surface area contributed by atoms with Gasteiger partial charge < -0.3 is 4.74 Å². The van der Waals surface area contributed by atoms with Crippen LogP contribution < -0.4 is 0 Å². The van der Waals surface area contributed by atoms with Crippen LogP contribution in [0.15, 0.2) is 24.3 Å². The molecule has 0 spiro atoms. The Bertz CT molecular complexity index is 413. The molecule has 0 aliphatic carbocycles. The van der Waals surface area contributed by atoms with Gasteiger partial charge in [-0.15, -0.1) is 0 Å². The van der Waals surface area contributed by atoms with Crippen molar-refractivity contribution in [1.29, 1.82) is 0 Å². The zero-order valence-electron chi connectivity index (χ0n) is 13.7. The Balaban J connectivity index is 2.03. The van der Waals surface area contributed by atoms with Gasteiger partial charge in [-0.25, -0.2) is 9.78 Å². The highest BCUT2D eigenvalue weighted by atomic mass is 17.2. The molecule has 0 bridgehead atoms. The highest BCUT2D eigenvalue weighted by Crippen LogP contribution is 2.31. The van der Waals surface area contributed by atoms with E-state index in [1.165, 1.54) is 11.1 Å². The van der Waals surface area contributed by atoms with Gasteiger partial charge in [-0.05, 0) is 58.4 Å². The van der Waals surface area contributed by atoms with Crippen molar-refractivity contribution in [2.24, 2.45) is 5.92 Å². The minimum atomic E-state index is -0.293.